The highest BCUT2D eigenvalue weighted by Crippen LogP contribution is 2.26. The first-order valence-corrected chi connectivity index (χ1v) is 6.62. The van der Waals surface area contributed by atoms with Crippen molar-refractivity contribution in [1.29, 1.82) is 0 Å². The third-order valence-corrected chi connectivity index (χ3v) is 3.35. The summed E-state index contributed by atoms with van der Waals surface area (Å²) in [5.74, 6) is 0.337. The molecule has 0 saturated carbocycles. The van der Waals surface area contributed by atoms with E-state index >= 15 is 0 Å². The van der Waals surface area contributed by atoms with E-state index in [9.17, 15) is 4.79 Å². The second-order valence-electron chi connectivity index (χ2n) is 5.76. The van der Waals surface area contributed by atoms with E-state index in [1.807, 2.05) is 19.4 Å². The lowest BCUT2D eigenvalue weighted by Gasteiger charge is -2.23. The molecule has 1 aromatic heterocycles. The number of hydrogen-bond acceptors (Lipinski definition) is 3. The number of Topliss-reactive ketones (excluding diaryl/α,β-unsaturated/α-hetero) is 1. The largest absolute Gasteiger partial charge is 0.330 e. The van der Waals surface area contributed by atoms with Crippen LogP contribution in [0, 0.1) is 5.41 Å². The van der Waals surface area contributed by atoms with E-state index in [0.29, 0.717) is 25.2 Å². The first kappa shape index (κ1) is 14.9. The zero-order valence-corrected chi connectivity index (χ0v) is 11.8. The van der Waals surface area contributed by atoms with Gasteiger partial charge in [-0.1, -0.05) is 13.8 Å². The van der Waals surface area contributed by atoms with Crippen molar-refractivity contribution in [3.8, 4) is 0 Å². The van der Waals surface area contributed by atoms with Gasteiger partial charge in [-0.25, -0.2) is 0 Å². The molecule has 0 atom stereocenters. The van der Waals surface area contributed by atoms with Gasteiger partial charge in [-0.15, -0.1) is 0 Å². The molecule has 2 N–H and O–H groups in total. The Bertz CT molecular complexity index is 382. The van der Waals surface area contributed by atoms with Gasteiger partial charge in [0.1, 0.15) is 5.78 Å². The lowest BCUT2D eigenvalue weighted by Crippen LogP contribution is -2.18. The van der Waals surface area contributed by atoms with Crippen LogP contribution in [0.4, 0.5) is 0 Å². The van der Waals surface area contributed by atoms with Crippen molar-refractivity contribution in [2.45, 2.75) is 46.0 Å². The highest BCUT2D eigenvalue weighted by Gasteiger charge is 2.18. The number of carbonyl (C=O) groups excluding carboxylic acids is 1. The second kappa shape index (κ2) is 6.69. The van der Waals surface area contributed by atoms with Crippen molar-refractivity contribution < 1.29 is 4.79 Å². The topological polar surface area (TPSA) is 60.9 Å². The molecule has 0 spiro atoms. The molecule has 0 fully saturated rings. The number of nitrogens with two attached hydrogens (primary N) is 1. The second-order valence-corrected chi connectivity index (χ2v) is 5.76. The van der Waals surface area contributed by atoms with Crippen LogP contribution in [0.15, 0.2) is 12.4 Å². The standard InChI is InChI=1S/C14H25N3O/c1-14(2,8-9-15)7-6-13(18)5-4-12-10-16-17(3)11-12/h10-11H,4-9,15H2,1-3H3. The van der Waals surface area contributed by atoms with E-state index in [-0.39, 0.29) is 5.41 Å². The molecule has 0 bridgehead atoms. The molecule has 4 heteroatoms. The molecule has 4 nitrogen and oxygen atoms in total. The minimum atomic E-state index is 0.179. The number of aromatic nitrogens is 2. The fourth-order valence-electron chi connectivity index (χ4n) is 2.00. The Hall–Kier alpha value is -1.16. The van der Waals surface area contributed by atoms with Gasteiger partial charge in [0.2, 0.25) is 0 Å². The Labute approximate surface area is 110 Å². The molecule has 18 heavy (non-hydrogen) atoms. The molecule has 102 valence electrons. The molecular formula is C14H25N3O. The zero-order chi connectivity index (χ0) is 13.6. The third-order valence-electron chi connectivity index (χ3n) is 3.35. The summed E-state index contributed by atoms with van der Waals surface area (Å²) in [6.07, 6.45) is 7.76. The van der Waals surface area contributed by atoms with Crippen LogP contribution in [0.25, 0.3) is 0 Å². The van der Waals surface area contributed by atoms with Gasteiger partial charge in [0.15, 0.2) is 0 Å². The first-order chi connectivity index (χ1) is 8.43. The molecule has 1 aromatic rings. The minimum absolute atomic E-state index is 0.179. The van der Waals surface area contributed by atoms with Crippen LogP contribution in [0.1, 0.15) is 45.1 Å². The zero-order valence-electron chi connectivity index (χ0n) is 11.8. The molecule has 0 aromatic carbocycles. The molecule has 0 aliphatic heterocycles. The van der Waals surface area contributed by atoms with Crippen molar-refractivity contribution in [1.82, 2.24) is 9.78 Å². The van der Waals surface area contributed by atoms with E-state index in [2.05, 4.69) is 18.9 Å². The fourth-order valence-corrected chi connectivity index (χ4v) is 2.00. The predicted octanol–water partition coefficient (Wildman–Crippen LogP) is 2.08. The van der Waals surface area contributed by atoms with E-state index < -0.39 is 0 Å². The van der Waals surface area contributed by atoms with Gasteiger partial charge in [-0.2, -0.15) is 5.10 Å². The maximum Gasteiger partial charge on any atom is 0.133 e. The molecule has 1 rings (SSSR count). The Morgan fingerprint density at radius 2 is 2.11 bits per heavy atom. The summed E-state index contributed by atoms with van der Waals surface area (Å²) in [6, 6.07) is 0. The van der Waals surface area contributed by atoms with Crippen molar-refractivity contribution in [3.63, 3.8) is 0 Å². The highest BCUT2D eigenvalue weighted by atomic mass is 16.1. The Balaban J connectivity index is 2.26. The van der Waals surface area contributed by atoms with E-state index in [1.165, 1.54) is 0 Å². The van der Waals surface area contributed by atoms with E-state index in [1.54, 1.807) is 4.68 Å². The molecule has 0 saturated heterocycles. The molecule has 0 unspecified atom stereocenters. The fraction of sp³-hybridized carbons (Fsp3) is 0.714. The maximum atomic E-state index is 11.8. The number of hydrogen-bond donors (Lipinski definition) is 1. The van der Waals surface area contributed by atoms with E-state index in [0.717, 1.165) is 24.8 Å². The summed E-state index contributed by atoms with van der Waals surface area (Å²) < 4.78 is 1.77. The molecule has 0 radical (unpaired) electrons. The summed E-state index contributed by atoms with van der Waals surface area (Å²) in [7, 11) is 1.89. The number of aryl methyl sites for hydroxylation is 2. The normalized spacial score (nSPS) is 11.8. The summed E-state index contributed by atoms with van der Waals surface area (Å²) in [5, 5.41) is 4.10. The molecular weight excluding hydrogens is 226 g/mol. The lowest BCUT2D eigenvalue weighted by atomic mass is 9.83. The van der Waals surface area contributed by atoms with Gasteiger partial charge in [0, 0.05) is 26.1 Å². The van der Waals surface area contributed by atoms with Gasteiger partial charge in [0.05, 0.1) is 6.20 Å². The van der Waals surface area contributed by atoms with Crippen molar-refractivity contribution in [3.05, 3.63) is 18.0 Å². The first-order valence-electron chi connectivity index (χ1n) is 6.62. The number of carbonyl (C=O) groups is 1. The minimum Gasteiger partial charge on any atom is -0.330 e. The summed E-state index contributed by atoms with van der Waals surface area (Å²) >= 11 is 0. The van der Waals surface area contributed by atoms with Crippen molar-refractivity contribution in [2.24, 2.45) is 18.2 Å². The monoisotopic (exact) mass is 251 g/mol. The SMILES string of the molecule is Cn1cc(CCC(=O)CCC(C)(C)CCN)cn1. The van der Waals surface area contributed by atoms with Crippen LogP contribution in [0.2, 0.25) is 0 Å². The Morgan fingerprint density at radius 3 is 2.67 bits per heavy atom. The van der Waals surface area contributed by atoms with Crippen LogP contribution in [-0.4, -0.2) is 22.1 Å². The van der Waals surface area contributed by atoms with Gasteiger partial charge in [-0.3, -0.25) is 9.48 Å². The quantitative estimate of drug-likeness (QED) is 0.769. The number of nitrogens with zero attached hydrogens (tertiary/aromatic N) is 2. The molecule has 0 amide bonds. The average Bonchev–Trinajstić information content (AvgIpc) is 2.70. The smallest absolute Gasteiger partial charge is 0.133 e. The number of ketones is 1. The van der Waals surface area contributed by atoms with Gasteiger partial charge < -0.3 is 5.73 Å². The van der Waals surface area contributed by atoms with Crippen LogP contribution < -0.4 is 5.73 Å². The average molecular weight is 251 g/mol. The predicted molar refractivity (Wildman–Crippen MR) is 73.2 cm³/mol. The van der Waals surface area contributed by atoms with Crippen LogP contribution in [0.3, 0.4) is 0 Å². The third kappa shape index (κ3) is 5.45. The molecule has 0 aliphatic carbocycles. The van der Waals surface area contributed by atoms with E-state index in [4.69, 9.17) is 5.73 Å². The maximum absolute atomic E-state index is 11.8. The lowest BCUT2D eigenvalue weighted by molar-refractivity contribution is -0.119. The van der Waals surface area contributed by atoms with Gasteiger partial charge >= 0.3 is 0 Å². The van der Waals surface area contributed by atoms with Gasteiger partial charge in [0.25, 0.3) is 0 Å². The Kier molecular flexibility index (Phi) is 5.54. The van der Waals surface area contributed by atoms with Gasteiger partial charge in [-0.05, 0) is 36.8 Å². The molecule has 0 aliphatic rings. The number of rotatable bonds is 8. The van der Waals surface area contributed by atoms with Crippen molar-refractivity contribution >= 4 is 5.78 Å². The summed E-state index contributed by atoms with van der Waals surface area (Å²) in [5.41, 5.74) is 6.87. The van der Waals surface area contributed by atoms with Crippen LogP contribution in [-0.2, 0) is 18.3 Å². The molecule has 1 heterocycles. The van der Waals surface area contributed by atoms with Crippen molar-refractivity contribution in [2.75, 3.05) is 6.54 Å². The van der Waals surface area contributed by atoms with Crippen LogP contribution in [0.5, 0.6) is 0 Å². The summed E-state index contributed by atoms with van der Waals surface area (Å²) in [4.78, 5) is 11.8. The highest BCUT2D eigenvalue weighted by molar-refractivity contribution is 5.78. The summed E-state index contributed by atoms with van der Waals surface area (Å²) in [6.45, 7) is 5.04. The van der Waals surface area contributed by atoms with Crippen LogP contribution >= 0.6 is 0 Å². The Morgan fingerprint density at radius 1 is 1.39 bits per heavy atom.